The van der Waals surface area contributed by atoms with E-state index in [-0.39, 0.29) is 43.5 Å². The summed E-state index contributed by atoms with van der Waals surface area (Å²) >= 11 is 3.41. The van der Waals surface area contributed by atoms with E-state index in [1.807, 2.05) is 84.9 Å². The summed E-state index contributed by atoms with van der Waals surface area (Å²) in [5, 5.41) is 15.3. The zero-order valence-electron chi connectivity index (χ0n) is 29.7. The predicted molar refractivity (Wildman–Crippen MR) is 216 cm³/mol. The highest BCUT2D eigenvalue weighted by Gasteiger charge is 2.32. The molecule has 0 aliphatic carbocycles. The van der Waals surface area contributed by atoms with Crippen LogP contribution in [-0.2, 0) is 32.2 Å². The molecule has 6 aromatic rings. The van der Waals surface area contributed by atoms with Crippen molar-refractivity contribution in [2.45, 2.75) is 61.7 Å². The van der Waals surface area contributed by atoms with Gasteiger partial charge in [-0.1, -0.05) is 103 Å². The largest absolute Gasteiger partial charge is 0.397 e. The number of rotatable bonds is 14. The second-order valence-corrected chi connectivity index (χ2v) is 15.5. The number of aromatic nitrogens is 1. The number of benzene rings is 5. The Hall–Kier alpha value is -5.04. The fourth-order valence-electron chi connectivity index (χ4n) is 6.32. The Kier molecular flexibility index (Phi) is 12.3. The van der Waals surface area contributed by atoms with Crippen molar-refractivity contribution >= 4 is 56.5 Å². The Balaban J connectivity index is 0.955. The molecule has 11 heteroatoms. The van der Waals surface area contributed by atoms with Crippen LogP contribution in [0, 0.1) is 0 Å². The van der Waals surface area contributed by atoms with Crippen LogP contribution in [0.3, 0.4) is 0 Å². The summed E-state index contributed by atoms with van der Waals surface area (Å²) in [7, 11) is 0. The van der Waals surface area contributed by atoms with Gasteiger partial charge >= 0.3 is 0 Å². The molecule has 276 valence electrons. The summed E-state index contributed by atoms with van der Waals surface area (Å²) in [5.41, 5.74) is 13.9. The van der Waals surface area contributed by atoms with Crippen LogP contribution in [0.15, 0.2) is 126 Å². The quantitative estimate of drug-likeness (QED) is 0.0640. The number of aliphatic hydroxyl groups is 1. The fraction of sp³-hybridized carbons (Fsp3) is 0.233. The lowest BCUT2D eigenvalue weighted by atomic mass is 9.99. The monoisotopic (exact) mass is 758 g/mol. The Morgan fingerprint density at radius 3 is 2.37 bits per heavy atom. The standard InChI is InChI=1S/C43H42N4O5S2/c44-35-9-1-2-10-36(35)46-41(50)14-6-13-40(49)45-25-29-7-5-8-33(23-29)30-19-21-32(22-20-30)42-51-34(24-38(52-42)31-17-15-28(26-48)16-18-31)27-53-43-47-37-11-3-4-12-39(37)54-43/h1-5,7-12,15-23,34,38,42,48H,6,13-14,24-27,44H2,(H,45,49)(H,46,50). The summed E-state index contributed by atoms with van der Waals surface area (Å²) in [6.45, 7) is 0.384. The van der Waals surface area contributed by atoms with E-state index in [9.17, 15) is 14.7 Å². The highest BCUT2D eigenvalue weighted by atomic mass is 32.2. The third kappa shape index (κ3) is 9.73. The second kappa shape index (κ2) is 17.9. The number of thioether (sulfide) groups is 1. The molecule has 5 N–H and O–H groups in total. The molecule has 2 amide bonds. The highest BCUT2D eigenvalue weighted by molar-refractivity contribution is 8.01. The molecular formula is C43H42N4O5S2. The van der Waals surface area contributed by atoms with Crippen molar-refractivity contribution in [2.24, 2.45) is 0 Å². The number of nitrogens with zero attached hydrogens (tertiary/aromatic N) is 1. The molecule has 1 aliphatic heterocycles. The fourth-order valence-corrected chi connectivity index (χ4v) is 8.43. The van der Waals surface area contributed by atoms with Crippen molar-refractivity contribution in [3.63, 3.8) is 0 Å². The van der Waals surface area contributed by atoms with Crippen LogP contribution in [0.25, 0.3) is 21.3 Å². The van der Waals surface area contributed by atoms with E-state index >= 15 is 0 Å². The van der Waals surface area contributed by atoms with Gasteiger partial charge in [-0.25, -0.2) is 4.98 Å². The molecule has 0 radical (unpaired) electrons. The van der Waals surface area contributed by atoms with Gasteiger partial charge in [0.15, 0.2) is 10.6 Å². The maximum absolute atomic E-state index is 12.6. The van der Waals surface area contributed by atoms with E-state index in [0.717, 1.165) is 49.0 Å². The maximum Gasteiger partial charge on any atom is 0.224 e. The highest BCUT2D eigenvalue weighted by Crippen LogP contribution is 2.40. The normalized spacial score (nSPS) is 16.9. The van der Waals surface area contributed by atoms with Crippen LogP contribution >= 0.6 is 23.1 Å². The Morgan fingerprint density at radius 1 is 0.815 bits per heavy atom. The number of hydrogen-bond donors (Lipinski definition) is 4. The summed E-state index contributed by atoms with van der Waals surface area (Å²) in [4.78, 5) is 29.7. The van der Waals surface area contributed by atoms with E-state index in [0.29, 0.717) is 30.8 Å². The van der Waals surface area contributed by atoms with Crippen molar-refractivity contribution in [1.29, 1.82) is 0 Å². The smallest absolute Gasteiger partial charge is 0.224 e. The third-order valence-corrected chi connectivity index (χ3v) is 11.6. The number of para-hydroxylation sites is 3. The molecule has 7 rings (SSSR count). The first-order chi connectivity index (χ1) is 26.4. The summed E-state index contributed by atoms with van der Waals surface area (Å²) in [6, 6.07) is 39.5. The summed E-state index contributed by atoms with van der Waals surface area (Å²) < 4.78 is 15.4. The van der Waals surface area contributed by atoms with Gasteiger partial charge in [0.25, 0.3) is 0 Å². The van der Waals surface area contributed by atoms with Gasteiger partial charge in [0.1, 0.15) is 0 Å². The topological polar surface area (TPSA) is 136 Å². The molecule has 3 atom stereocenters. The van der Waals surface area contributed by atoms with Crippen LogP contribution < -0.4 is 16.4 Å². The van der Waals surface area contributed by atoms with Gasteiger partial charge in [0, 0.05) is 37.1 Å². The molecule has 1 fully saturated rings. The van der Waals surface area contributed by atoms with E-state index in [1.165, 1.54) is 4.70 Å². The second-order valence-electron chi connectivity index (χ2n) is 13.2. The predicted octanol–water partition coefficient (Wildman–Crippen LogP) is 8.80. The number of amides is 2. The van der Waals surface area contributed by atoms with Gasteiger partial charge in [-0.15, -0.1) is 11.3 Å². The van der Waals surface area contributed by atoms with Gasteiger partial charge in [0.2, 0.25) is 11.8 Å². The van der Waals surface area contributed by atoms with Crippen molar-refractivity contribution in [1.82, 2.24) is 10.3 Å². The molecule has 2 heterocycles. The number of anilines is 2. The van der Waals surface area contributed by atoms with Crippen molar-refractivity contribution in [3.05, 3.63) is 144 Å². The Morgan fingerprint density at radius 2 is 1.57 bits per heavy atom. The van der Waals surface area contributed by atoms with Gasteiger partial charge in [-0.2, -0.15) is 0 Å². The van der Waals surface area contributed by atoms with Gasteiger partial charge in [-0.3, -0.25) is 9.59 Å². The molecular weight excluding hydrogens is 717 g/mol. The average Bonchev–Trinajstić information content (AvgIpc) is 3.63. The molecule has 9 nitrogen and oxygen atoms in total. The first-order valence-electron chi connectivity index (χ1n) is 18.0. The molecule has 5 aromatic carbocycles. The summed E-state index contributed by atoms with van der Waals surface area (Å²) in [5.74, 6) is 0.461. The lowest BCUT2D eigenvalue weighted by molar-refractivity contribution is -0.245. The van der Waals surface area contributed by atoms with E-state index in [1.54, 1.807) is 35.2 Å². The SMILES string of the molecule is Nc1ccccc1NC(=O)CCCC(=O)NCc1cccc(-c2ccc(C3OC(CSc4nc5ccccc5s4)CC(c4ccc(CO)cc4)O3)cc2)c1. The Bertz CT molecular complexity index is 2160. The van der Waals surface area contributed by atoms with Crippen molar-refractivity contribution in [2.75, 3.05) is 16.8 Å². The van der Waals surface area contributed by atoms with Crippen LogP contribution in [0.4, 0.5) is 11.4 Å². The lowest BCUT2D eigenvalue weighted by Gasteiger charge is -2.36. The van der Waals surface area contributed by atoms with E-state index < -0.39 is 6.29 Å². The minimum atomic E-state index is -0.555. The van der Waals surface area contributed by atoms with Crippen molar-refractivity contribution < 1.29 is 24.2 Å². The van der Waals surface area contributed by atoms with Gasteiger partial charge < -0.3 is 30.9 Å². The Labute approximate surface area is 322 Å². The number of nitrogen functional groups attached to an aromatic ring is 1. The first-order valence-corrected chi connectivity index (χ1v) is 19.8. The maximum atomic E-state index is 12.6. The zero-order valence-corrected chi connectivity index (χ0v) is 31.3. The van der Waals surface area contributed by atoms with Gasteiger partial charge in [-0.05, 0) is 64.6 Å². The first kappa shape index (κ1) is 37.3. The molecule has 3 unspecified atom stereocenters. The lowest BCUT2D eigenvalue weighted by Crippen LogP contribution is -2.31. The molecule has 0 saturated carbocycles. The number of ether oxygens (including phenoxy) is 2. The zero-order chi connectivity index (χ0) is 37.3. The number of thiazole rings is 1. The van der Waals surface area contributed by atoms with Crippen LogP contribution in [0.2, 0.25) is 0 Å². The van der Waals surface area contributed by atoms with Crippen molar-refractivity contribution in [3.8, 4) is 11.1 Å². The molecule has 0 spiro atoms. The third-order valence-electron chi connectivity index (χ3n) is 9.26. The van der Waals surface area contributed by atoms with E-state index in [4.69, 9.17) is 20.2 Å². The van der Waals surface area contributed by atoms with E-state index in [2.05, 4.69) is 34.9 Å². The van der Waals surface area contributed by atoms with Gasteiger partial charge in [0.05, 0.1) is 40.4 Å². The summed E-state index contributed by atoms with van der Waals surface area (Å²) in [6.07, 6.45) is 0.821. The van der Waals surface area contributed by atoms with Crippen LogP contribution in [0.1, 0.15) is 60.3 Å². The molecule has 0 bridgehead atoms. The molecule has 54 heavy (non-hydrogen) atoms. The van der Waals surface area contributed by atoms with Crippen LogP contribution in [0.5, 0.6) is 0 Å². The molecule has 1 aliphatic rings. The number of nitrogens with one attached hydrogen (secondary N) is 2. The average molecular weight is 759 g/mol. The number of nitrogens with two attached hydrogens (primary N) is 1. The molecule has 1 saturated heterocycles. The number of aliphatic hydroxyl groups excluding tert-OH is 1. The molecule has 1 aromatic heterocycles. The van der Waals surface area contributed by atoms with Crippen LogP contribution in [-0.4, -0.2) is 33.8 Å². The minimum absolute atomic E-state index is 0.00312. The number of hydrogen-bond acceptors (Lipinski definition) is 9. The minimum Gasteiger partial charge on any atom is -0.397 e. The number of carbonyl (C=O) groups excluding carboxylic acids is 2. The number of fused-ring (bicyclic) bond motifs is 1. The number of carbonyl (C=O) groups is 2.